The number of nitrogens with zero attached hydrogens (tertiary/aromatic N) is 1. The van der Waals surface area contributed by atoms with Crippen molar-refractivity contribution in [3.8, 4) is 5.75 Å². The lowest BCUT2D eigenvalue weighted by Crippen LogP contribution is -2.04. The minimum Gasteiger partial charge on any atom is -0.489 e. The Morgan fingerprint density at radius 2 is 1.73 bits per heavy atom. The van der Waals surface area contributed by atoms with Gasteiger partial charge in [-0.15, -0.1) is 0 Å². The second-order valence-electron chi connectivity index (χ2n) is 8.37. The van der Waals surface area contributed by atoms with Crippen molar-refractivity contribution < 1.29 is 23.4 Å². The van der Waals surface area contributed by atoms with Crippen molar-refractivity contribution in [3.63, 3.8) is 0 Å². The first-order chi connectivity index (χ1) is 15.8. The maximum Gasteiger partial charge on any atom is 0.303 e. The molecule has 1 unspecified atom stereocenters. The lowest BCUT2D eigenvalue weighted by atomic mass is 9.98. The van der Waals surface area contributed by atoms with Crippen molar-refractivity contribution >= 4 is 16.9 Å². The van der Waals surface area contributed by atoms with Crippen LogP contribution in [0.3, 0.4) is 0 Å². The first kappa shape index (κ1) is 22.5. The predicted octanol–water partition coefficient (Wildman–Crippen LogP) is 6.43. The fourth-order valence-electron chi connectivity index (χ4n) is 4.14. The first-order valence-electron chi connectivity index (χ1n) is 10.8. The van der Waals surface area contributed by atoms with Gasteiger partial charge in [0.25, 0.3) is 0 Å². The summed E-state index contributed by atoms with van der Waals surface area (Å²) in [4.78, 5) is 10.9. The number of aliphatic carboxylic acids is 1. The van der Waals surface area contributed by atoms with Crippen LogP contribution in [0.4, 0.5) is 8.78 Å². The number of carboxylic acids is 1. The molecule has 1 N–H and O–H groups in total. The number of hydrogen-bond acceptors (Lipinski definition) is 2. The van der Waals surface area contributed by atoms with Crippen LogP contribution in [-0.2, 0) is 17.9 Å². The van der Waals surface area contributed by atoms with Crippen LogP contribution in [-0.4, -0.2) is 15.6 Å². The van der Waals surface area contributed by atoms with Gasteiger partial charge in [0.2, 0.25) is 0 Å². The number of carboxylic acid groups (broad SMARTS) is 1. The summed E-state index contributed by atoms with van der Waals surface area (Å²) in [5.41, 5.74) is 4.56. The smallest absolute Gasteiger partial charge is 0.303 e. The van der Waals surface area contributed by atoms with E-state index in [1.54, 1.807) is 0 Å². The van der Waals surface area contributed by atoms with Gasteiger partial charge < -0.3 is 14.4 Å². The van der Waals surface area contributed by atoms with Crippen LogP contribution in [0.2, 0.25) is 0 Å². The molecule has 1 heterocycles. The summed E-state index contributed by atoms with van der Waals surface area (Å²) < 4.78 is 35.2. The number of rotatable bonds is 8. The summed E-state index contributed by atoms with van der Waals surface area (Å²) in [6, 6.07) is 17.1. The summed E-state index contributed by atoms with van der Waals surface area (Å²) >= 11 is 0. The lowest BCUT2D eigenvalue weighted by molar-refractivity contribution is -0.137. The van der Waals surface area contributed by atoms with Crippen molar-refractivity contribution in [2.24, 2.45) is 0 Å². The Hall–Kier alpha value is -3.67. The van der Waals surface area contributed by atoms with E-state index in [2.05, 4.69) is 0 Å². The van der Waals surface area contributed by atoms with Gasteiger partial charge in [-0.2, -0.15) is 0 Å². The molecule has 0 aliphatic carbocycles. The Morgan fingerprint density at radius 3 is 2.39 bits per heavy atom. The molecule has 33 heavy (non-hydrogen) atoms. The zero-order valence-electron chi connectivity index (χ0n) is 18.5. The third-order valence-electron chi connectivity index (χ3n) is 5.90. The van der Waals surface area contributed by atoms with E-state index in [0.717, 1.165) is 33.7 Å². The molecule has 0 saturated carbocycles. The van der Waals surface area contributed by atoms with E-state index < -0.39 is 17.6 Å². The summed E-state index contributed by atoms with van der Waals surface area (Å²) in [5.74, 6) is -1.36. The Morgan fingerprint density at radius 1 is 1.03 bits per heavy atom. The largest absolute Gasteiger partial charge is 0.489 e. The van der Waals surface area contributed by atoms with E-state index in [0.29, 0.717) is 24.5 Å². The van der Waals surface area contributed by atoms with E-state index in [9.17, 15) is 13.6 Å². The molecule has 6 heteroatoms. The number of carbonyl (C=O) groups is 1. The van der Waals surface area contributed by atoms with Crippen molar-refractivity contribution in [3.05, 3.63) is 101 Å². The quantitative estimate of drug-likeness (QED) is 0.337. The van der Waals surface area contributed by atoms with Gasteiger partial charge in [0.15, 0.2) is 0 Å². The van der Waals surface area contributed by atoms with Gasteiger partial charge in [-0.1, -0.05) is 31.2 Å². The molecular formula is C27H25F2NO3. The standard InChI is InChI=1S/C27H25F2NO3/c1-17(11-26(31)32)20-5-7-25(8-6-20)33-16-22-4-3-21-9-10-30(27(21)18(22)2)15-19-12-23(28)14-24(29)13-19/h3-10,12-14,17H,11,15-16H2,1-2H3,(H,31,32). The molecule has 0 bridgehead atoms. The second-order valence-corrected chi connectivity index (χ2v) is 8.37. The SMILES string of the molecule is Cc1c(COc2ccc(C(C)CC(=O)O)cc2)ccc2ccn(Cc3cc(F)cc(F)c3)c12. The molecule has 4 rings (SSSR count). The van der Waals surface area contributed by atoms with Gasteiger partial charge in [0, 0.05) is 18.8 Å². The molecule has 0 saturated heterocycles. The van der Waals surface area contributed by atoms with Gasteiger partial charge >= 0.3 is 5.97 Å². The average Bonchev–Trinajstić information content (AvgIpc) is 3.16. The normalized spacial score (nSPS) is 12.1. The molecular weight excluding hydrogens is 424 g/mol. The second kappa shape index (κ2) is 9.45. The molecule has 1 aromatic heterocycles. The van der Waals surface area contributed by atoms with Crippen LogP contribution in [0.25, 0.3) is 10.9 Å². The van der Waals surface area contributed by atoms with Crippen LogP contribution in [0.1, 0.15) is 41.5 Å². The highest BCUT2D eigenvalue weighted by Crippen LogP contribution is 2.27. The number of aromatic nitrogens is 1. The highest BCUT2D eigenvalue weighted by atomic mass is 19.1. The topological polar surface area (TPSA) is 51.5 Å². The molecule has 0 fully saturated rings. The molecule has 170 valence electrons. The summed E-state index contributed by atoms with van der Waals surface area (Å²) in [6.07, 6.45) is 2.00. The number of hydrogen-bond donors (Lipinski definition) is 1. The van der Waals surface area contributed by atoms with Crippen LogP contribution >= 0.6 is 0 Å². The Bertz CT molecular complexity index is 1270. The van der Waals surface area contributed by atoms with Gasteiger partial charge in [-0.3, -0.25) is 4.79 Å². The molecule has 0 radical (unpaired) electrons. The molecule has 0 spiro atoms. The molecule has 1 atom stereocenters. The van der Waals surface area contributed by atoms with E-state index in [-0.39, 0.29) is 12.3 Å². The first-order valence-corrected chi connectivity index (χ1v) is 10.8. The minimum absolute atomic E-state index is 0.0689. The zero-order valence-corrected chi connectivity index (χ0v) is 18.5. The van der Waals surface area contributed by atoms with E-state index in [1.807, 2.05) is 67.1 Å². The average molecular weight is 449 g/mol. The number of fused-ring (bicyclic) bond motifs is 1. The predicted molar refractivity (Wildman–Crippen MR) is 124 cm³/mol. The summed E-state index contributed by atoms with van der Waals surface area (Å²) in [5, 5.41) is 10.0. The van der Waals surface area contributed by atoms with Crippen molar-refractivity contribution in [1.29, 1.82) is 0 Å². The van der Waals surface area contributed by atoms with Gasteiger partial charge in [-0.05, 0) is 70.8 Å². The van der Waals surface area contributed by atoms with E-state index in [4.69, 9.17) is 9.84 Å². The van der Waals surface area contributed by atoms with E-state index in [1.165, 1.54) is 12.1 Å². The van der Waals surface area contributed by atoms with E-state index >= 15 is 0 Å². The highest BCUT2D eigenvalue weighted by Gasteiger charge is 2.12. The van der Waals surface area contributed by atoms with Crippen LogP contribution in [0.5, 0.6) is 5.75 Å². The highest BCUT2D eigenvalue weighted by molar-refractivity contribution is 5.84. The molecule has 4 nitrogen and oxygen atoms in total. The monoisotopic (exact) mass is 449 g/mol. The third kappa shape index (κ3) is 5.22. The van der Waals surface area contributed by atoms with Gasteiger partial charge in [-0.25, -0.2) is 8.78 Å². The number of halogens is 2. The Labute approximate surface area is 191 Å². The Balaban J connectivity index is 1.51. The van der Waals surface area contributed by atoms with Crippen molar-refractivity contribution in [1.82, 2.24) is 4.57 Å². The van der Waals surface area contributed by atoms with Crippen molar-refractivity contribution in [2.45, 2.75) is 39.3 Å². The molecule has 0 amide bonds. The van der Waals surface area contributed by atoms with Gasteiger partial charge in [0.1, 0.15) is 24.0 Å². The molecule has 4 aromatic rings. The number of ether oxygens (including phenoxy) is 1. The van der Waals surface area contributed by atoms with Crippen LogP contribution in [0, 0.1) is 18.6 Å². The van der Waals surface area contributed by atoms with Crippen LogP contribution < -0.4 is 4.74 Å². The zero-order chi connectivity index (χ0) is 23.5. The fraction of sp³-hybridized carbons (Fsp3) is 0.222. The maximum absolute atomic E-state index is 13.6. The summed E-state index contributed by atoms with van der Waals surface area (Å²) in [6.45, 7) is 4.63. The van der Waals surface area contributed by atoms with Crippen LogP contribution in [0.15, 0.2) is 66.9 Å². The van der Waals surface area contributed by atoms with Gasteiger partial charge in [0.05, 0.1) is 11.9 Å². The fourth-order valence-corrected chi connectivity index (χ4v) is 4.14. The van der Waals surface area contributed by atoms with Crippen molar-refractivity contribution in [2.75, 3.05) is 0 Å². The third-order valence-corrected chi connectivity index (χ3v) is 5.90. The molecule has 0 aliphatic heterocycles. The lowest BCUT2D eigenvalue weighted by Gasteiger charge is -2.14. The Kier molecular flexibility index (Phi) is 6.45. The summed E-state index contributed by atoms with van der Waals surface area (Å²) in [7, 11) is 0. The number of benzene rings is 3. The number of aryl methyl sites for hydroxylation is 1. The molecule has 3 aromatic carbocycles. The minimum atomic E-state index is -0.819. The molecule has 0 aliphatic rings. The maximum atomic E-state index is 13.6.